The lowest BCUT2D eigenvalue weighted by Gasteiger charge is -2.23. The van der Waals surface area contributed by atoms with E-state index in [9.17, 15) is 4.39 Å². The molecule has 0 spiro atoms. The number of aromatic nitrogens is 3. The Morgan fingerprint density at radius 3 is 2.32 bits per heavy atom. The molecule has 0 radical (unpaired) electrons. The van der Waals surface area contributed by atoms with Gasteiger partial charge < -0.3 is 20.7 Å². The lowest BCUT2D eigenvalue weighted by molar-refractivity contribution is 0.277. The van der Waals surface area contributed by atoms with Gasteiger partial charge in [0.15, 0.2) is 11.6 Å². The molecule has 2 fully saturated rings. The van der Waals surface area contributed by atoms with E-state index in [4.69, 9.17) is 4.74 Å². The van der Waals surface area contributed by atoms with Crippen molar-refractivity contribution < 1.29 is 9.13 Å². The minimum absolute atomic E-state index is 0.200. The number of nitrogens with one attached hydrogen (secondary N) is 3. The van der Waals surface area contributed by atoms with Crippen LogP contribution in [0.4, 0.5) is 27.9 Å². The first-order valence-electron chi connectivity index (χ1n) is 12.7. The third-order valence-corrected chi connectivity index (χ3v) is 6.97. The molecule has 1 aromatic carbocycles. The van der Waals surface area contributed by atoms with Gasteiger partial charge in [-0.2, -0.15) is 15.0 Å². The van der Waals surface area contributed by atoms with Gasteiger partial charge in [-0.25, -0.2) is 4.39 Å². The topological polar surface area (TPSA) is 87.2 Å². The number of likely N-dealkylation sites (tertiary alicyclic amines) is 1. The molecule has 1 saturated carbocycles. The van der Waals surface area contributed by atoms with Crippen molar-refractivity contribution in [2.75, 3.05) is 49.2 Å². The van der Waals surface area contributed by atoms with Gasteiger partial charge in [-0.1, -0.05) is 32.6 Å². The molecule has 186 valence electrons. The lowest BCUT2D eigenvalue weighted by atomic mass is 10.0. The van der Waals surface area contributed by atoms with Crippen molar-refractivity contribution in [3.63, 3.8) is 0 Å². The highest BCUT2D eigenvalue weighted by Gasteiger charge is 2.23. The molecule has 1 saturated heterocycles. The van der Waals surface area contributed by atoms with Crippen LogP contribution >= 0.6 is 0 Å². The lowest BCUT2D eigenvalue weighted by Crippen LogP contribution is -2.35. The average Bonchev–Trinajstić information content (AvgIpc) is 3.14. The molecule has 2 aliphatic rings. The highest BCUT2D eigenvalue weighted by Crippen LogP contribution is 2.25. The van der Waals surface area contributed by atoms with Crippen LogP contribution in [0, 0.1) is 11.7 Å². The van der Waals surface area contributed by atoms with Crippen molar-refractivity contribution in [2.45, 2.75) is 64.3 Å². The molecule has 34 heavy (non-hydrogen) atoms. The summed E-state index contributed by atoms with van der Waals surface area (Å²) in [7, 11) is 1.45. The van der Waals surface area contributed by atoms with Crippen molar-refractivity contribution in [3.05, 3.63) is 24.0 Å². The Kier molecular flexibility index (Phi) is 8.73. The van der Waals surface area contributed by atoms with Crippen molar-refractivity contribution >= 4 is 23.5 Å². The van der Waals surface area contributed by atoms with Crippen LogP contribution in [-0.4, -0.2) is 59.2 Å². The monoisotopic (exact) mass is 471 g/mol. The zero-order valence-electron chi connectivity index (χ0n) is 20.4. The van der Waals surface area contributed by atoms with E-state index >= 15 is 0 Å². The number of methoxy groups -OCH3 is 1. The molecule has 2 heterocycles. The summed E-state index contributed by atoms with van der Waals surface area (Å²) in [5.41, 5.74) is 0.554. The van der Waals surface area contributed by atoms with Crippen LogP contribution in [0.1, 0.15) is 58.3 Å². The van der Waals surface area contributed by atoms with E-state index in [2.05, 4.69) is 42.7 Å². The summed E-state index contributed by atoms with van der Waals surface area (Å²) in [4.78, 5) is 16.3. The third kappa shape index (κ3) is 6.68. The van der Waals surface area contributed by atoms with Gasteiger partial charge in [0.2, 0.25) is 17.8 Å². The normalized spacial score (nSPS) is 19.6. The van der Waals surface area contributed by atoms with Gasteiger partial charge in [0.1, 0.15) is 0 Å². The number of anilines is 4. The average molecular weight is 472 g/mol. The molecule has 4 rings (SSSR count). The molecule has 2 aromatic rings. The molecule has 1 aliphatic heterocycles. The van der Waals surface area contributed by atoms with Crippen molar-refractivity contribution in [2.24, 2.45) is 5.92 Å². The maximum Gasteiger partial charge on any atom is 0.233 e. The fraction of sp³-hybridized carbons (Fsp3) is 0.640. The van der Waals surface area contributed by atoms with Gasteiger partial charge in [-0.15, -0.1) is 0 Å². The van der Waals surface area contributed by atoms with Crippen molar-refractivity contribution in [1.82, 2.24) is 19.9 Å². The van der Waals surface area contributed by atoms with E-state index in [1.807, 2.05) is 0 Å². The third-order valence-electron chi connectivity index (χ3n) is 6.97. The molecule has 1 atom stereocenters. The largest absolute Gasteiger partial charge is 0.494 e. The van der Waals surface area contributed by atoms with Crippen LogP contribution < -0.4 is 20.7 Å². The van der Waals surface area contributed by atoms with Gasteiger partial charge in [0, 0.05) is 30.9 Å². The van der Waals surface area contributed by atoms with E-state index in [1.165, 1.54) is 64.5 Å². The summed E-state index contributed by atoms with van der Waals surface area (Å²) in [5.74, 6) is 1.84. The standard InChI is InChI=1S/C25H38FN7O/c1-3-33-14-8-11-20(33)17-28-24-30-23(27-16-18-9-6-4-5-7-10-18)31-25(32-24)29-19-12-13-22(34-2)21(26)15-19/h12-13,15,18,20H,3-11,14,16-17H2,1-2H3,(H3,27,28,29,30,31,32). The van der Waals surface area contributed by atoms with Crippen LogP contribution in [0.2, 0.25) is 0 Å². The fourth-order valence-electron chi connectivity index (χ4n) is 5.02. The first-order chi connectivity index (χ1) is 16.6. The number of hydrogen-bond acceptors (Lipinski definition) is 8. The summed E-state index contributed by atoms with van der Waals surface area (Å²) in [5, 5.41) is 9.98. The second kappa shape index (κ2) is 12.1. The number of benzene rings is 1. The second-order valence-electron chi connectivity index (χ2n) is 9.32. The van der Waals surface area contributed by atoms with E-state index in [1.54, 1.807) is 12.1 Å². The second-order valence-corrected chi connectivity index (χ2v) is 9.32. The number of halogens is 1. The number of hydrogen-bond donors (Lipinski definition) is 3. The SMILES string of the molecule is CCN1CCCC1CNc1nc(NCC2CCCCCC2)nc(Nc2ccc(OC)c(F)c2)n1. The zero-order chi connectivity index (χ0) is 23.8. The molecule has 0 bridgehead atoms. The van der Waals surface area contributed by atoms with Gasteiger partial charge in [0.05, 0.1) is 7.11 Å². The summed E-state index contributed by atoms with van der Waals surface area (Å²) >= 11 is 0. The Morgan fingerprint density at radius 1 is 0.941 bits per heavy atom. The van der Waals surface area contributed by atoms with E-state index in [0.717, 1.165) is 26.2 Å². The first-order valence-corrected chi connectivity index (χ1v) is 12.7. The van der Waals surface area contributed by atoms with E-state index in [0.29, 0.717) is 35.5 Å². The number of nitrogens with zero attached hydrogens (tertiary/aromatic N) is 4. The van der Waals surface area contributed by atoms with Crippen LogP contribution in [0.5, 0.6) is 5.75 Å². The number of likely N-dealkylation sites (N-methyl/N-ethyl adjacent to an activating group) is 1. The minimum atomic E-state index is -0.437. The predicted molar refractivity (Wildman–Crippen MR) is 135 cm³/mol. The molecule has 1 unspecified atom stereocenters. The molecular formula is C25H38FN7O. The van der Waals surface area contributed by atoms with Gasteiger partial charge in [-0.3, -0.25) is 4.90 Å². The molecule has 9 heteroatoms. The zero-order valence-corrected chi connectivity index (χ0v) is 20.4. The van der Waals surface area contributed by atoms with Gasteiger partial charge in [-0.05, 0) is 56.8 Å². The predicted octanol–water partition coefficient (Wildman–Crippen LogP) is 5.04. The molecule has 1 aromatic heterocycles. The maximum atomic E-state index is 14.2. The molecule has 8 nitrogen and oxygen atoms in total. The van der Waals surface area contributed by atoms with Crippen LogP contribution in [0.15, 0.2) is 18.2 Å². The summed E-state index contributed by atoms with van der Waals surface area (Å²) in [6.07, 6.45) is 10.1. The molecule has 1 aliphatic carbocycles. The molecular weight excluding hydrogens is 433 g/mol. The fourth-order valence-corrected chi connectivity index (χ4v) is 5.02. The molecule has 0 amide bonds. The van der Waals surface area contributed by atoms with Gasteiger partial charge >= 0.3 is 0 Å². The van der Waals surface area contributed by atoms with E-state index in [-0.39, 0.29) is 5.75 Å². The highest BCUT2D eigenvalue weighted by atomic mass is 19.1. The smallest absolute Gasteiger partial charge is 0.233 e. The number of ether oxygens (including phenoxy) is 1. The Bertz CT molecular complexity index is 920. The van der Waals surface area contributed by atoms with Crippen molar-refractivity contribution in [3.8, 4) is 5.75 Å². The summed E-state index contributed by atoms with van der Waals surface area (Å²) in [6, 6.07) is 5.19. The highest BCUT2D eigenvalue weighted by molar-refractivity contribution is 5.57. The minimum Gasteiger partial charge on any atom is -0.494 e. The Labute approximate surface area is 202 Å². The summed E-state index contributed by atoms with van der Waals surface area (Å²) < 4.78 is 19.2. The van der Waals surface area contributed by atoms with Crippen LogP contribution in [-0.2, 0) is 0 Å². The number of rotatable bonds is 10. The Hall–Kier alpha value is -2.68. The van der Waals surface area contributed by atoms with Crippen LogP contribution in [0.3, 0.4) is 0 Å². The maximum absolute atomic E-state index is 14.2. The Morgan fingerprint density at radius 2 is 1.65 bits per heavy atom. The van der Waals surface area contributed by atoms with Crippen molar-refractivity contribution in [1.29, 1.82) is 0 Å². The molecule has 3 N–H and O–H groups in total. The quantitative estimate of drug-likeness (QED) is 0.416. The first kappa shape index (κ1) is 24.4. The van der Waals surface area contributed by atoms with Crippen LogP contribution in [0.25, 0.3) is 0 Å². The Balaban J connectivity index is 1.48. The van der Waals surface area contributed by atoms with Gasteiger partial charge in [0.25, 0.3) is 0 Å². The van der Waals surface area contributed by atoms with E-state index < -0.39 is 5.82 Å². The summed E-state index contributed by atoms with van der Waals surface area (Å²) in [6.45, 7) is 6.03.